The zero-order valence-electron chi connectivity index (χ0n) is 10.0. The molecular weight excluding hydrogens is 288 g/mol. The number of nitrogens with one attached hydrogen (secondary N) is 1. The van der Waals surface area contributed by atoms with Crippen LogP contribution in [0.15, 0.2) is 40.8 Å². The van der Waals surface area contributed by atoms with Gasteiger partial charge in [0.2, 0.25) is 0 Å². The van der Waals surface area contributed by atoms with Gasteiger partial charge in [-0.1, -0.05) is 17.7 Å². The first kappa shape index (κ1) is 13.9. The van der Waals surface area contributed by atoms with E-state index in [1.54, 1.807) is 24.3 Å². The molecule has 1 amide bonds. The van der Waals surface area contributed by atoms with Crippen molar-refractivity contribution in [3.05, 3.63) is 57.3 Å². The number of nitrogens with zero attached hydrogens (tertiary/aromatic N) is 1. The Bertz CT molecular complexity index is 640. The van der Waals surface area contributed by atoms with Gasteiger partial charge in [-0.15, -0.1) is 0 Å². The molecule has 0 fully saturated rings. The molecule has 2 rings (SSSR count). The van der Waals surface area contributed by atoms with Gasteiger partial charge in [-0.2, -0.15) is 0 Å². The van der Waals surface area contributed by atoms with Gasteiger partial charge < -0.3 is 9.15 Å². The van der Waals surface area contributed by atoms with E-state index in [1.807, 2.05) is 0 Å². The Morgan fingerprint density at radius 3 is 2.85 bits per heavy atom. The summed E-state index contributed by atoms with van der Waals surface area (Å²) in [4.78, 5) is 21.2. The Kier molecular flexibility index (Phi) is 4.21. The molecule has 8 heteroatoms. The molecule has 1 aromatic carbocycles. The van der Waals surface area contributed by atoms with Gasteiger partial charge in [-0.3, -0.25) is 15.4 Å². The van der Waals surface area contributed by atoms with Crippen molar-refractivity contribution in [3.8, 4) is 0 Å². The molecule has 0 saturated carbocycles. The summed E-state index contributed by atoms with van der Waals surface area (Å²) in [5, 5.41) is 13.3. The molecule has 0 atom stereocenters. The summed E-state index contributed by atoms with van der Waals surface area (Å²) >= 11 is 5.76. The highest BCUT2D eigenvalue weighted by Crippen LogP contribution is 2.17. The van der Waals surface area contributed by atoms with Crippen molar-refractivity contribution < 1.29 is 18.9 Å². The summed E-state index contributed by atoms with van der Waals surface area (Å²) in [7, 11) is 0. The third-order valence-corrected chi connectivity index (χ3v) is 2.48. The molecule has 104 valence electrons. The number of carbonyl (C=O) groups excluding carboxylic acids is 1. The minimum atomic E-state index is -0.716. The highest BCUT2D eigenvalue weighted by atomic mass is 35.5. The first-order valence-electron chi connectivity index (χ1n) is 5.47. The van der Waals surface area contributed by atoms with Crippen LogP contribution in [0.25, 0.3) is 0 Å². The first-order chi connectivity index (χ1) is 9.54. The summed E-state index contributed by atoms with van der Waals surface area (Å²) in [6.07, 6.45) is -0.716. The highest BCUT2D eigenvalue weighted by molar-refractivity contribution is 6.30. The molecule has 20 heavy (non-hydrogen) atoms. The average Bonchev–Trinajstić information content (AvgIpc) is 2.85. The van der Waals surface area contributed by atoms with Crippen LogP contribution in [0.5, 0.6) is 0 Å². The predicted octanol–water partition coefficient (Wildman–Crippen LogP) is 3.59. The van der Waals surface area contributed by atoms with E-state index in [0.717, 1.165) is 0 Å². The fourth-order valence-corrected chi connectivity index (χ4v) is 1.59. The fraction of sp³-hybridized carbons (Fsp3) is 0.0833. The van der Waals surface area contributed by atoms with E-state index in [4.69, 9.17) is 20.8 Å². The van der Waals surface area contributed by atoms with Crippen molar-refractivity contribution in [2.24, 2.45) is 0 Å². The number of amides is 1. The Morgan fingerprint density at radius 1 is 1.40 bits per heavy atom. The largest absolute Gasteiger partial charge is 0.441 e. The van der Waals surface area contributed by atoms with Gasteiger partial charge >= 0.3 is 12.0 Å². The highest BCUT2D eigenvalue weighted by Gasteiger charge is 2.13. The second-order valence-corrected chi connectivity index (χ2v) is 4.14. The van der Waals surface area contributed by atoms with Gasteiger partial charge in [0.1, 0.15) is 10.7 Å². The number of carbonyl (C=O) groups is 1. The number of rotatable bonds is 4. The zero-order chi connectivity index (χ0) is 14.5. The lowest BCUT2D eigenvalue weighted by molar-refractivity contribution is -0.402. The quantitative estimate of drug-likeness (QED) is 0.687. The van der Waals surface area contributed by atoms with Crippen molar-refractivity contribution in [2.45, 2.75) is 6.61 Å². The predicted molar refractivity (Wildman–Crippen MR) is 70.6 cm³/mol. The van der Waals surface area contributed by atoms with Crippen molar-refractivity contribution in [3.63, 3.8) is 0 Å². The van der Waals surface area contributed by atoms with E-state index < -0.39 is 16.9 Å². The zero-order valence-corrected chi connectivity index (χ0v) is 10.8. The van der Waals surface area contributed by atoms with E-state index in [9.17, 15) is 14.9 Å². The lowest BCUT2D eigenvalue weighted by Crippen LogP contribution is -2.13. The van der Waals surface area contributed by atoms with E-state index in [0.29, 0.717) is 10.7 Å². The summed E-state index contributed by atoms with van der Waals surface area (Å²) in [5.41, 5.74) is 0.480. The number of furan rings is 1. The van der Waals surface area contributed by atoms with Gasteiger partial charge in [0, 0.05) is 10.7 Å². The monoisotopic (exact) mass is 296 g/mol. The molecule has 0 radical (unpaired) electrons. The average molecular weight is 297 g/mol. The molecule has 1 N–H and O–H groups in total. The van der Waals surface area contributed by atoms with E-state index >= 15 is 0 Å². The van der Waals surface area contributed by atoms with Crippen LogP contribution in [0.2, 0.25) is 5.02 Å². The topological polar surface area (TPSA) is 94.6 Å². The molecule has 0 aliphatic heterocycles. The van der Waals surface area contributed by atoms with Crippen LogP contribution in [0.3, 0.4) is 0 Å². The minimum absolute atomic E-state index is 0.179. The van der Waals surface area contributed by atoms with Gasteiger partial charge in [-0.25, -0.2) is 4.79 Å². The van der Waals surface area contributed by atoms with E-state index in [2.05, 4.69) is 5.32 Å². The third-order valence-electron chi connectivity index (χ3n) is 2.24. The number of nitro groups is 1. The Hall–Kier alpha value is -2.54. The smallest absolute Gasteiger partial charge is 0.433 e. The van der Waals surface area contributed by atoms with Crippen molar-refractivity contribution in [1.29, 1.82) is 0 Å². The van der Waals surface area contributed by atoms with Crippen molar-refractivity contribution in [2.75, 3.05) is 5.32 Å². The van der Waals surface area contributed by atoms with E-state index in [-0.39, 0.29) is 12.4 Å². The summed E-state index contributed by atoms with van der Waals surface area (Å²) in [6.45, 7) is -0.208. The van der Waals surface area contributed by atoms with Crippen LogP contribution in [0, 0.1) is 10.1 Å². The second kappa shape index (κ2) is 6.07. The summed E-state index contributed by atoms with van der Waals surface area (Å²) < 4.78 is 9.70. The van der Waals surface area contributed by atoms with Crippen molar-refractivity contribution >= 4 is 29.3 Å². The van der Waals surface area contributed by atoms with Crippen LogP contribution in [0.4, 0.5) is 16.4 Å². The third kappa shape index (κ3) is 3.72. The van der Waals surface area contributed by atoms with Crippen LogP contribution in [0.1, 0.15) is 5.76 Å². The van der Waals surface area contributed by atoms with Crippen LogP contribution in [-0.4, -0.2) is 11.0 Å². The maximum atomic E-state index is 11.5. The molecule has 0 unspecified atom stereocenters. The number of hydrogen-bond donors (Lipinski definition) is 1. The maximum absolute atomic E-state index is 11.5. The van der Waals surface area contributed by atoms with Crippen LogP contribution >= 0.6 is 11.6 Å². The SMILES string of the molecule is O=C(Nc1cccc(Cl)c1)OCc1ccc([N+](=O)[O-])o1. The number of anilines is 1. The Labute approximate surface area is 118 Å². The second-order valence-electron chi connectivity index (χ2n) is 3.71. The number of halogens is 1. The molecule has 1 aromatic heterocycles. The molecule has 1 heterocycles. The molecule has 0 spiro atoms. The first-order valence-corrected chi connectivity index (χ1v) is 5.85. The number of benzene rings is 1. The standard InChI is InChI=1S/C12H9ClN2O5/c13-8-2-1-3-9(6-8)14-12(16)19-7-10-4-5-11(20-10)15(17)18/h1-6H,7H2,(H,14,16). The summed E-state index contributed by atoms with van der Waals surface area (Å²) in [6, 6.07) is 9.09. The Morgan fingerprint density at radius 2 is 2.20 bits per heavy atom. The molecule has 0 aliphatic carbocycles. The maximum Gasteiger partial charge on any atom is 0.433 e. The van der Waals surface area contributed by atoms with E-state index in [1.165, 1.54) is 12.1 Å². The minimum Gasteiger partial charge on any atom is -0.441 e. The van der Waals surface area contributed by atoms with Gasteiger partial charge in [0.25, 0.3) is 0 Å². The molecular formula is C12H9ClN2O5. The molecule has 0 saturated heterocycles. The van der Waals surface area contributed by atoms with Crippen LogP contribution in [-0.2, 0) is 11.3 Å². The number of hydrogen-bond acceptors (Lipinski definition) is 5. The molecule has 0 aliphatic rings. The number of ether oxygens (including phenoxy) is 1. The molecule has 7 nitrogen and oxygen atoms in total. The Balaban J connectivity index is 1.87. The van der Waals surface area contributed by atoms with Crippen LogP contribution < -0.4 is 5.32 Å². The van der Waals surface area contributed by atoms with Gasteiger partial charge in [0.05, 0.1) is 6.07 Å². The lowest BCUT2D eigenvalue weighted by Gasteiger charge is -2.05. The molecule has 0 bridgehead atoms. The lowest BCUT2D eigenvalue weighted by atomic mass is 10.3. The molecule has 2 aromatic rings. The van der Waals surface area contributed by atoms with Gasteiger partial charge in [0.15, 0.2) is 6.61 Å². The van der Waals surface area contributed by atoms with Crippen molar-refractivity contribution in [1.82, 2.24) is 0 Å². The van der Waals surface area contributed by atoms with Gasteiger partial charge in [-0.05, 0) is 24.3 Å². The fourth-order valence-electron chi connectivity index (χ4n) is 1.40. The summed E-state index contributed by atoms with van der Waals surface area (Å²) in [5.74, 6) is -0.225. The normalized spacial score (nSPS) is 10.1.